The lowest BCUT2D eigenvalue weighted by molar-refractivity contribution is 0.0571. The third-order valence-corrected chi connectivity index (χ3v) is 5.46. The molecule has 122 valence electrons. The van der Waals surface area contributed by atoms with Crippen LogP contribution in [-0.4, -0.2) is 60.3 Å². The highest BCUT2D eigenvalue weighted by Gasteiger charge is 2.28. The monoisotopic (exact) mass is 302 g/mol. The maximum absolute atomic E-state index is 9.28. The number of aliphatic hydroxyl groups excluding tert-OH is 1. The number of likely N-dealkylation sites (tertiary alicyclic amines) is 2. The predicted molar refractivity (Wildman–Crippen MR) is 91.0 cm³/mol. The Hall–Kier alpha value is -0.900. The number of nitrogens with zero attached hydrogens (tertiary/aromatic N) is 2. The largest absolute Gasteiger partial charge is 0.396 e. The molecule has 3 nitrogen and oxygen atoms in total. The fourth-order valence-corrected chi connectivity index (χ4v) is 3.96. The van der Waals surface area contributed by atoms with Crippen LogP contribution >= 0.6 is 0 Å². The molecular formula is C19H30N2O. The molecule has 0 amide bonds. The van der Waals surface area contributed by atoms with E-state index >= 15 is 0 Å². The number of rotatable bonds is 5. The Balaban J connectivity index is 1.45. The van der Waals surface area contributed by atoms with Gasteiger partial charge in [-0.2, -0.15) is 0 Å². The average Bonchev–Trinajstić information content (AvgIpc) is 2.61. The molecule has 2 aliphatic heterocycles. The van der Waals surface area contributed by atoms with E-state index in [1.54, 1.807) is 0 Å². The molecule has 0 aromatic heterocycles. The van der Waals surface area contributed by atoms with Crippen LogP contribution in [0.25, 0.3) is 0 Å². The first-order chi connectivity index (χ1) is 10.8. The highest BCUT2D eigenvalue weighted by molar-refractivity contribution is 5.14. The van der Waals surface area contributed by atoms with E-state index < -0.39 is 0 Å². The first-order valence-corrected chi connectivity index (χ1v) is 8.96. The Morgan fingerprint density at radius 2 is 1.77 bits per heavy atom. The molecule has 0 bridgehead atoms. The topological polar surface area (TPSA) is 26.7 Å². The van der Waals surface area contributed by atoms with Gasteiger partial charge < -0.3 is 10.0 Å². The summed E-state index contributed by atoms with van der Waals surface area (Å²) in [6.07, 6.45) is 6.21. The van der Waals surface area contributed by atoms with Crippen LogP contribution in [0.5, 0.6) is 0 Å². The zero-order chi connectivity index (χ0) is 15.2. The van der Waals surface area contributed by atoms with Crippen molar-refractivity contribution in [2.24, 2.45) is 5.92 Å². The SMILES string of the molecule is OCC1CCN([C@H]2CCCN(CCc3ccccc3)C2)CC1. The Labute approximate surface area is 134 Å². The Bertz CT molecular complexity index is 428. The van der Waals surface area contributed by atoms with Gasteiger partial charge in [-0.25, -0.2) is 0 Å². The van der Waals surface area contributed by atoms with Crippen LogP contribution in [0.4, 0.5) is 0 Å². The van der Waals surface area contributed by atoms with Crippen molar-refractivity contribution in [3.05, 3.63) is 35.9 Å². The average molecular weight is 302 g/mol. The summed E-state index contributed by atoms with van der Waals surface area (Å²) in [6, 6.07) is 11.6. The van der Waals surface area contributed by atoms with Crippen LogP contribution in [-0.2, 0) is 6.42 Å². The van der Waals surface area contributed by atoms with Gasteiger partial charge >= 0.3 is 0 Å². The summed E-state index contributed by atoms with van der Waals surface area (Å²) in [5, 5.41) is 9.28. The van der Waals surface area contributed by atoms with E-state index in [4.69, 9.17) is 0 Å². The van der Waals surface area contributed by atoms with Gasteiger partial charge in [-0.15, -0.1) is 0 Å². The summed E-state index contributed by atoms with van der Waals surface area (Å²) in [5.74, 6) is 0.550. The van der Waals surface area contributed by atoms with E-state index in [0.717, 1.165) is 6.04 Å². The standard InChI is InChI=1S/C19H30N2O/c22-16-18-9-13-21(14-10-18)19-7-4-11-20(15-19)12-8-17-5-2-1-3-6-17/h1-3,5-6,18-19,22H,4,7-16H2/t19-/m0/s1. The lowest BCUT2D eigenvalue weighted by Crippen LogP contribution is -2.50. The minimum atomic E-state index is 0.377. The quantitative estimate of drug-likeness (QED) is 0.905. The van der Waals surface area contributed by atoms with E-state index in [1.165, 1.54) is 70.4 Å². The van der Waals surface area contributed by atoms with Crippen molar-refractivity contribution >= 4 is 0 Å². The van der Waals surface area contributed by atoms with E-state index in [9.17, 15) is 5.11 Å². The van der Waals surface area contributed by atoms with Crippen LogP contribution in [0.2, 0.25) is 0 Å². The van der Waals surface area contributed by atoms with Crippen LogP contribution in [0.1, 0.15) is 31.2 Å². The molecule has 0 unspecified atom stereocenters. The second kappa shape index (κ2) is 8.09. The maximum Gasteiger partial charge on any atom is 0.0460 e. The summed E-state index contributed by atoms with van der Waals surface area (Å²) in [5.41, 5.74) is 1.45. The summed E-state index contributed by atoms with van der Waals surface area (Å²) >= 11 is 0. The second-order valence-electron chi connectivity index (χ2n) is 6.99. The maximum atomic E-state index is 9.28. The van der Waals surface area contributed by atoms with Gasteiger partial charge in [-0.05, 0) is 63.2 Å². The predicted octanol–water partition coefficient (Wildman–Crippen LogP) is 2.40. The molecule has 2 heterocycles. The Morgan fingerprint density at radius 1 is 1.00 bits per heavy atom. The van der Waals surface area contributed by atoms with Gasteiger partial charge in [0.2, 0.25) is 0 Å². The fraction of sp³-hybridized carbons (Fsp3) is 0.684. The van der Waals surface area contributed by atoms with Crippen LogP contribution in [0.3, 0.4) is 0 Å². The van der Waals surface area contributed by atoms with E-state index in [1.807, 2.05) is 0 Å². The lowest BCUT2D eigenvalue weighted by atomic mass is 9.94. The normalized spacial score (nSPS) is 25.4. The van der Waals surface area contributed by atoms with Crippen molar-refractivity contribution in [1.29, 1.82) is 0 Å². The molecule has 0 saturated carbocycles. The molecule has 1 N–H and O–H groups in total. The minimum Gasteiger partial charge on any atom is -0.396 e. The number of hydrogen-bond donors (Lipinski definition) is 1. The van der Waals surface area contributed by atoms with Crippen LogP contribution in [0, 0.1) is 5.92 Å². The molecule has 3 rings (SSSR count). The summed E-state index contributed by atoms with van der Waals surface area (Å²) < 4.78 is 0. The summed E-state index contributed by atoms with van der Waals surface area (Å²) in [7, 11) is 0. The van der Waals surface area contributed by atoms with Gasteiger partial charge in [0, 0.05) is 25.7 Å². The highest BCUT2D eigenvalue weighted by atomic mass is 16.3. The van der Waals surface area contributed by atoms with Gasteiger partial charge in [0.05, 0.1) is 0 Å². The Morgan fingerprint density at radius 3 is 2.50 bits per heavy atom. The number of benzene rings is 1. The molecule has 1 aromatic rings. The van der Waals surface area contributed by atoms with Crippen molar-refractivity contribution in [3.63, 3.8) is 0 Å². The van der Waals surface area contributed by atoms with E-state index in [-0.39, 0.29) is 0 Å². The van der Waals surface area contributed by atoms with Gasteiger partial charge in [0.15, 0.2) is 0 Å². The first-order valence-electron chi connectivity index (χ1n) is 8.96. The summed E-state index contributed by atoms with van der Waals surface area (Å²) in [4.78, 5) is 5.33. The summed E-state index contributed by atoms with van der Waals surface area (Å²) in [6.45, 7) is 6.42. The van der Waals surface area contributed by atoms with Gasteiger partial charge in [0.1, 0.15) is 0 Å². The van der Waals surface area contributed by atoms with E-state index in [0.29, 0.717) is 12.5 Å². The minimum absolute atomic E-state index is 0.377. The number of piperidine rings is 2. The lowest BCUT2D eigenvalue weighted by Gasteiger charge is -2.42. The molecule has 1 atom stereocenters. The zero-order valence-corrected chi connectivity index (χ0v) is 13.7. The first kappa shape index (κ1) is 16.0. The third-order valence-electron chi connectivity index (χ3n) is 5.46. The van der Waals surface area contributed by atoms with Gasteiger partial charge in [-0.3, -0.25) is 4.90 Å². The fourth-order valence-electron chi connectivity index (χ4n) is 3.96. The van der Waals surface area contributed by atoms with Gasteiger partial charge in [-0.1, -0.05) is 30.3 Å². The molecule has 0 radical (unpaired) electrons. The van der Waals surface area contributed by atoms with Crippen LogP contribution < -0.4 is 0 Å². The van der Waals surface area contributed by atoms with Crippen molar-refractivity contribution in [2.45, 2.75) is 38.1 Å². The molecule has 1 aromatic carbocycles. The van der Waals surface area contributed by atoms with Crippen molar-refractivity contribution in [3.8, 4) is 0 Å². The molecule has 22 heavy (non-hydrogen) atoms. The smallest absolute Gasteiger partial charge is 0.0460 e. The number of aliphatic hydroxyl groups is 1. The third kappa shape index (κ3) is 4.31. The molecular weight excluding hydrogens is 272 g/mol. The molecule has 0 spiro atoms. The van der Waals surface area contributed by atoms with Crippen molar-refractivity contribution in [2.75, 3.05) is 39.3 Å². The van der Waals surface area contributed by atoms with Crippen LogP contribution in [0.15, 0.2) is 30.3 Å². The highest BCUT2D eigenvalue weighted by Crippen LogP contribution is 2.23. The Kier molecular flexibility index (Phi) is 5.88. The van der Waals surface area contributed by atoms with Crippen molar-refractivity contribution in [1.82, 2.24) is 9.80 Å². The molecule has 2 aliphatic rings. The second-order valence-corrected chi connectivity index (χ2v) is 6.99. The zero-order valence-electron chi connectivity index (χ0n) is 13.7. The van der Waals surface area contributed by atoms with Crippen molar-refractivity contribution < 1.29 is 5.11 Å². The van der Waals surface area contributed by atoms with Gasteiger partial charge in [0.25, 0.3) is 0 Å². The van der Waals surface area contributed by atoms with E-state index in [2.05, 4.69) is 40.1 Å². The molecule has 2 fully saturated rings. The number of hydrogen-bond acceptors (Lipinski definition) is 3. The molecule has 0 aliphatic carbocycles. The molecule has 3 heteroatoms. The molecule has 2 saturated heterocycles.